The summed E-state index contributed by atoms with van der Waals surface area (Å²) in [4.78, 5) is 16.7. The number of aromatic nitrogens is 2. The Kier molecular flexibility index (Phi) is 3.94. The van der Waals surface area contributed by atoms with Crippen molar-refractivity contribution in [3.63, 3.8) is 0 Å². The summed E-state index contributed by atoms with van der Waals surface area (Å²) in [6.45, 7) is 0.665. The lowest BCUT2D eigenvalue weighted by Crippen LogP contribution is -2.24. The number of rotatable bonds is 4. The van der Waals surface area contributed by atoms with Crippen LogP contribution in [0.4, 0.5) is 19.0 Å². The topological polar surface area (TPSA) is 46.9 Å². The molecule has 0 bridgehead atoms. The molecule has 1 aromatic heterocycles. The Hall–Kier alpha value is -2.83. The zero-order valence-corrected chi connectivity index (χ0v) is 13.8. The van der Waals surface area contributed by atoms with Crippen molar-refractivity contribution in [1.82, 2.24) is 9.55 Å². The first kappa shape index (κ1) is 16.6. The van der Waals surface area contributed by atoms with E-state index in [9.17, 15) is 18.0 Å². The van der Waals surface area contributed by atoms with E-state index in [2.05, 4.69) is 10.3 Å². The van der Waals surface area contributed by atoms with Crippen molar-refractivity contribution < 1.29 is 13.2 Å². The number of hydrogen-bond donors (Lipinski definition) is 1. The Balaban J connectivity index is 1.95. The molecule has 0 spiro atoms. The van der Waals surface area contributed by atoms with Crippen molar-refractivity contribution >= 4 is 16.7 Å². The van der Waals surface area contributed by atoms with Gasteiger partial charge < -0.3 is 5.32 Å². The van der Waals surface area contributed by atoms with Gasteiger partial charge in [0.05, 0.1) is 16.8 Å². The maximum Gasteiger partial charge on any atom is 0.416 e. The SMILES string of the molecule is O=c1nc(NCC2CC2)c2ccc(C(F)(F)F)cc2n1-c1ccccc1. The van der Waals surface area contributed by atoms with Gasteiger partial charge in [-0.2, -0.15) is 18.2 Å². The van der Waals surface area contributed by atoms with Gasteiger partial charge in [0, 0.05) is 11.9 Å². The number of hydrogen-bond acceptors (Lipinski definition) is 3. The van der Waals surface area contributed by atoms with Gasteiger partial charge in [0.15, 0.2) is 0 Å². The van der Waals surface area contributed by atoms with Gasteiger partial charge in [0.1, 0.15) is 5.82 Å². The van der Waals surface area contributed by atoms with Gasteiger partial charge in [-0.25, -0.2) is 4.79 Å². The molecule has 1 fully saturated rings. The van der Waals surface area contributed by atoms with Crippen LogP contribution >= 0.6 is 0 Å². The van der Waals surface area contributed by atoms with Crippen molar-refractivity contribution in [3.05, 3.63) is 64.6 Å². The molecule has 0 unspecified atom stereocenters. The van der Waals surface area contributed by atoms with Crippen LogP contribution in [0.1, 0.15) is 18.4 Å². The Bertz CT molecular complexity index is 1010. The fraction of sp³-hybridized carbons (Fsp3) is 0.263. The number of nitrogens with one attached hydrogen (secondary N) is 1. The fourth-order valence-electron chi connectivity index (χ4n) is 2.93. The second-order valence-corrected chi connectivity index (χ2v) is 6.47. The molecule has 1 aliphatic rings. The van der Waals surface area contributed by atoms with Gasteiger partial charge in [-0.15, -0.1) is 0 Å². The first-order valence-electron chi connectivity index (χ1n) is 8.37. The number of nitrogens with zero attached hydrogens (tertiary/aromatic N) is 2. The standard InChI is InChI=1S/C19H16F3N3O/c20-19(21,22)13-8-9-15-16(10-13)25(14-4-2-1-3-5-14)18(26)24-17(15)23-11-12-6-7-12/h1-5,8-10,12H,6-7,11H2,(H,23,24,26). The Morgan fingerprint density at radius 2 is 1.85 bits per heavy atom. The Morgan fingerprint density at radius 3 is 2.50 bits per heavy atom. The van der Waals surface area contributed by atoms with E-state index in [1.807, 2.05) is 0 Å². The summed E-state index contributed by atoms with van der Waals surface area (Å²) in [6, 6.07) is 12.0. The minimum absolute atomic E-state index is 0.185. The highest BCUT2D eigenvalue weighted by Gasteiger charge is 2.31. The van der Waals surface area contributed by atoms with E-state index < -0.39 is 17.4 Å². The third-order valence-electron chi connectivity index (χ3n) is 4.49. The number of halogens is 3. The van der Waals surface area contributed by atoms with Crippen molar-refractivity contribution in [2.75, 3.05) is 11.9 Å². The predicted molar refractivity (Wildman–Crippen MR) is 93.6 cm³/mol. The van der Waals surface area contributed by atoms with Gasteiger partial charge in [-0.1, -0.05) is 18.2 Å². The van der Waals surface area contributed by atoms with E-state index in [-0.39, 0.29) is 5.52 Å². The van der Waals surface area contributed by atoms with Crippen molar-refractivity contribution in [1.29, 1.82) is 0 Å². The molecular weight excluding hydrogens is 343 g/mol. The van der Waals surface area contributed by atoms with Crippen LogP contribution < -0.4 is 11.0 Å². The summed E-state index contributed by atoms with van der Waals surface area (Å²) in [7, 11) is 0. The van der Waals surface area contributed by atoms with E-state index in [1.54, 1.807) is 30.3 Å². The summed E-state index contributed by atoms with van der Waals surface area (Å²) in [5.74, 6) is 0.871. The summed E-state index contributed by atoms with van der Waals surface area (Å²) in [5.41, 5.74) is -0.748. The molecule has 1 N–H and O–H groups in total. The zero-order valence-electron chi connectivity index (χ0n) is 13.8. The van der Waals surface area contributed by atoms with Gasteiger partial charge in [0.2, 0.25) is 0 Å². The smallest absolute Gasteiger partial charge is 0.369 e. The molecule has 0 atom stereocenters. The monoisotopic (exact) mass is 359 g/mol. The highest BCUT2D eigenvalue weighted by atomic mass is 19.4. The molecule has 1 saturated carbocycles. The third kappa shape index (κ3) is 3.16. The largest absolute Gasteiger partial charge is 0.416 e. The van der Waals surface area contributed by atoms with Crippen molar-refractivity contribution in [2.24, 2.45) is 5.92 Å². The van der Waals surface area contributed by atoms with E-state index in [0.717, 1.165) is 25.0 Å². The molecule has 2 aromatic carbocycles. The molecule has 4 rings (SSSR count). The van der Waals surface area contributed by atoms with Gasteiger partial charge in [-0.05, 0) is 49.1 Å². The number of alkyl halides is 3. The Morgan fingerprint density at radius 1 is 1.12 bits per heavy atom. The molecule has 0 aliphatic heterocycles. The molecule has 134 valence electrons. The predicted octanol–water partition coefficient (Wildman–Crippen LogP) is 4.23. The van der Waals surface area contributed by atoms with Crippen LogP contribution in [-0.4, -0.2) is 16.1 Å². The fourth-order valence-corrected chi connectivity index (χ4v) is 2.93. The average molecular weight is 359 g/mol. The second-order valence-electron chi connectivity index (χ2n) is 6.47. The second kappa shape index (κ2) is 6.16. The third-order valence-corrected chi connectivity index (χ3v) is 4.49. The number of anilines is 1. The van der Waals surface area contributed by atoms with Crippen molar-refractivity contribution in [2.45, 2.75) is 19.0 Å². The molecule has 3 aromatic rings. The van der Waals surface area contributed by atoms with Crippen LogP contribution in [0.5, 0.6) is 0 Å². The molecule has 4 nitrogen and oxygen atoms in total. The lowest BCUT2D eigenvalue weighted by molar-refractivity contribution is -0.137. The van der Waals surface area contributed by atoms with Crippen LogP contribution in [0.15, 0.2) is 53.3 Å². The summed E-state index contributed by atoms with van der Waals surface area (Å²) in [5, 5.41) is 3.61. The Labute approximate surface area is 147 Å². The lowest BCUT2D eigenvalue weighted by Gasteiger charge is -2.15. The van der Waals surface area contributed by atoms with Gasteiger partial charge in [0.25, 0.3) is 0 Å². The number of fused-ring (bicyclic) bond motifs is 1. The quantitative estimate of drug-likeness (QED) is 0.758. The minimum atomic E-state index is -4.49. The molecule has 0 amide bonds. The molecule has 1 aliphatic carbocycles. The van der Waals surface area contributed by atoms with Gasteiger partial charge in [-0.3, -0.25) is 4.57 Å². The van der Waals surface area contributed by atoms with Crippen LogP contribution in [0, 0.1) is 5.92 Å². The van der Waals surface area contributed by atoms with Crippen LogP contribution in [0.2, 0.25) is 0 Å². The maximum atomic E-state index is 13.2. The summed E-state index contributed by atoms with van der Waals surface area (Å²) >= 11 is 0. The van der Waals surface area contributed by atoms with E-state index in [1.165, 1.54) is 10.6 Å². The highest BCUT2D eigenvalue weighted by Crippen LogP contribution is 2.34. The van der Waals surface area contributed by atoms with E-state index >= 15 is 0 Å². The molecule has 26 heavy (non-hydrogen) atoms. The van der Waals surface area contributed by atoms with Crippen LogP contribution in [0.3, 0.4) is 0 Å². The number of para-hydroxylation sites is 1. The molecule has 0 radical (unpaired) electrons. The average Bonchev–Trinajstić information content (AvgIpc) is 3.43. The minimum Gasteiger partial charge on any atom is -0.369 e. The molecule has 1 heterocycles. The summed E-state index contributed by atoms with van der Waals surface area (Å²) < 4.78 is 40.8. The molecule has 7 heteroatoms. The maximum absolute atomic E-state index is 13.2. The lowest BCUT2D eigenvalue weighted by atomic mass is 10.1. The van der Waals surface area contributed by atoms with Gasteiger partial charge >= 0.3 is 11.9 Å². The number of benzene rings is 2. The normalized spacial score (nSPS) is 14.6. The highest BCUT2D eigenvalue weighted by molar-refractivity contribution is 5.90. The first-order chi connectivity index (χ1) is 12.4. The van der Waals surface area contributed by atoms with Crippen LogP contribution in [0.25, 0.3) is 16.6 Å². The zero-order chi connectivity index (χ0) is 18.3. The first-order valence-corrected chi connectivity index (χ1v) is 8.37. The molecule has 0 saturated heterocycles. The van der Waals surface area contributed by atoms with E-state index in [4.69, 9.17) is 0 Å². The van der Waals surface area contributed by atoms with E-state index in [0.29, 0.717) is 29.4 Å². The summed E-state index contributed by atoms with van der Waals surface area (Å²) in [6.07, 6.45) is -2.26. The van der Waals surface area contributed by atoms with Crippen LogP contribution in [-0.2, 0) is 6.18 Å². The molecular formula is C19H16F3N3O. The van der Waals surface area contributed by atoms with Crippen molar-refractivity contribution in [3.8, 4) is 5.69 Å².